The molecule has 0 unspecified atom stereocenters. The lowest BCUT2D eigenvalue weighted by Gasteiger charge is -2.24. The third-order valence-electron chi connectivity index (χ3n) is 3.00. The van der Waals surface area contributed by atoms with Crippen molar-refractivity contribution >= 4 is 35.7 Å². The number of piperidine rings is 1. The van der Waals surface area contributed by atoms with Crippen LogP contribution in [-0.2, 0) is 0 Å². The standard InChI is InChI=1S/C13H18ClN3O.ClH/c1-9-4-5-11(14)12(7-9)17-13(18)16-10-3-2-6-15-8-10;/h4-5,7,10,15H,2-3,6,8H2,1H3,(H2,16,17,18);1H/t10-;/m1./s1. The van der Waals surface area contributed by atoms with Crippen LogP contribution in [0, 0.1) is 6.92 Å². The van der Waals surface area contributed by atoms with Gasteiger partial charge in [-0.3, -0.25) is 0 Å². The minimum absolute atomic E-state index is 0. The van der Waals surface area contributed by atoms with Crippen LogP contribution in [0.5, 0.6) is 0 Å². The first-order chi connectivity index (χ1) is 8.65. The molecule has 106 valence electrons. The summed E-state index contributed by atoms with van der Waals surface area (Å²) in [4.78, 5) is 11.8. The molecule has 1 aromatic rings. The summed E-state index contributed by atoms with van der Waals surface area (Å²) < 4.78 is 0. The summed E-state index contributed by atoms with van der Waals surface area (Å²) in [5.74, 6) is 0. The summed E-state index contributed by atoms with van der Waals surface area (Å²) in [6.07, 6.45) is 2.11. The maximum Gasteiger partial charge on any atom is 0.319 e. The Morgan fingerprint density at radius 3 is 2.95 bits per heavy atom. The van der Waals surface area contributed by atoms with Gasteiger partial charge in [-0.25, -0.2) is 4.79 Å². The normalized spacial score (nSPS) is 18.3. The van der Waals surface area contributed by atoms with E-state index in [1.54, 1.807) is 6.07 Å². The minimum Gasteiger partial charge on any atom is -0.334 e. The SMILES string of the molecule is Cc1ccc(Cl)c(NC(=O)N[C@@H]2CCCNC2)c1.Cl. The van der Waals surface area contributed by atoms with Gasteiger partial charge in [0, 0.05) is 12.6 Å². The van der Waals surface area contributed by atoms with Crippen molar-refractivity contribution in [2.45, 2.75) is 25.8 Å². The lowest BCUT2D eigenvalue weighted by Crippen LogP contribution is -2.47. The number of carbonyl (C=O) groups is 1. The largest absolute Gasteiger partial charge is 0.334 e. The van der Waals surface area contributed by atoms with Crippen LogP contribution in [0.2, 0.25) is 5.02 Å². The zero-order chi connectivity index (χ0) is 13.0. The Hall–Kier alpha value is -0.970. The Bertz CT molecular complexity index is 434. The van der Waals surface area contributed by atoms with E-state index in [-0.39, 0.29) is 24.5 Å². The van der Waals surface area contributed by atoms with E-state index in [2.05, 4.69) is 16.0 Å². The van der Waals surface area contributed by atoms with E-state index in [0.717, 1.165) is 31.5 Å². The quantitative estimate of drug-likeness (QED) is 0.787. The maximum atomic E-state index is 11.8. The number of hydrogen-bond acceptors (Lipinski definition) is 2. The molecule has 0 aliphatic carbocycles. The predicted octanol–water partition coefficient (Wildman–Crippen LogP) is 2.94. The number of carbonyl (C=O) groups excluding carboxylic acids is 1. The molecule has 1 aromatic carbocycles. The molecule has 2 rings (SSSR count). The van der Waals surface area contributed by atoms with Crippen LogP contribution in [0.1, 0.15) is 18.4 Å². The van der Waals surface area contributed by atoms with E-state index in [0.29, 0.717) is 10.7 Å². The smallest absolute Gasteiger partial charge is 0.319 e. The summed E-state index contributed by atoms with van der Waals surface area (Å²) >= 11 is 6.03. The second kappa shape index (κ2) is 7.58. The fourth-order valence-corrected chi connectivity index (χ4v) is 2.22. The highest BCUT2D eigenvalue weighted by atomic mass is 35.5. The van der Waals surface area contributed by atoms with Gasteiger partial charge < -0.3 is 16.0 Å². The van der Waals surface area contributed by atoms with Crippen LogP contribution in [-0.4, -0.2) is 25.2 Å². The van der Waals surface area contributed by atoms with Gasteiger partial charge in [0.05, 0.1) is 10.7 Å². The van der Waals surface area contributed by atoms with Gasteiger partial charge in [-0.1, -0.05) is 17.7 Å². The minimum atomic E-state index is -0.198. The second-order valence-corrected chi connectivity index (χ2v) is 5.03. The Balaban J connectivity index is 0.00000180. The van der Waals surface area contributed by atoms with E-state index in [9.17, 15) is 4.79 Å². The molecule has 0 radical (unpaired) electrons. The van der Waals surface area contributed by atoms with Crippen molar-refractivity contribution in [3.05, 3.63) is 28.8 Å². The maximum absolute atomic E-state index is 11.8. The molecule has 0 aromatic heterocycles. The van der Waals surface area contributed by atoms with Crippen LogP contribution < -0.4 is 16.0 Å². The number of anilines is 1. The van der Waals surface area contributed by atoms with Crippen LogP contribution >= 0.6 is 24.0 Å². The Morgan fingerprint density at radius 2 is 2.26 bits per heavy atom. The summed E-state index contributed by atoms with van der Waals surface area (Å²) in [7, 11) is 0. The molecule has 19 heavy (non-hydrogen) atoms. The van der Waals surface area contributed by atoms with Gasteiger partial charge in [0.25, 0.3) is 0 Å². The molecule has 1 atom stereocenters. The summed E-state index contributed by atoms with van der Waals surface area (Å²) in [6, 6.07) is 5.56. The summed E-state index contributed by atoms with van der Waals surface area (Å²) in [6.45, 7) is 3.82. The zero-order valence-corrected chi connectivity index (χ0v) is 12.4. The van der Waals surface area contributed by atoms with Crippen molar-refractivity contribution in [2.75, 3.05) is 18.4 Å². The van der Waals surface area contributed by atoms with Crippen molar-refractivity contribution in [3.63, 3.8) is 0 Å². The van der Waals surface area contributed by atoms with Gasteiger partial charge in [-0.2, -0.15) is 0 Å². The average molecular weight is 304 g/mol. The Labute approximate surface area is 124 Å². The van der Waals surface area contributed by atoms with Gasteiger partial charge in [0.2, 0.25) is 0 Å². The van der Waals surface area contributed by atoms with Gasteiger partial charge in [0.1, 0.15) is 0 Å². The van der Waals surface area contributed by atoms with Crippen LogP contribution in [0.3, 0.4) is 0 Å². The molecule has 3 N–H and O–H groups in total. The number of nitrogens with one attached hydrogen (secondary N) is 3. The number of urea groups is 1. The highest BCUT2D eigenvalue weighted by molar-refractivity contribution is 6.33. The zero-order valence-electron chi connectivity index (χ0n) is 10.8. The Kier molecular flexibility index (Phi) is 6.42. The van der Waals surface area contributed by atoms with Gasteiger partial charge >= 0.3 is 6.03 Å². The molecule has 4 nitrogen and oxygen atoms in total. The Morgan fingerprint density at radius 1 is 1.47 bits per heavy atom. The van der Waals surface area contributed by atoms with E-state index in [4.69, 9.17) is 11.6 Å². The number of amides is 2. The van der Waals surface area contributed by atoms with Crippen molar-refractivity contribution in [3.8, 4) is 0 Å². The van der Waals surface area contributed by atoms with Crippen LogP contribution in [0.25, 0.3) is 0 Å². The fraction of sp³-hybridized carbons (Fsp3) is 0.462. The van der Waals surface area contributed by atoms with Gasteiger partial charge in [-0.05, 0) is 44.0 Å². The molecule has 6 heteroatoms. The van der Waals surface area contributed by atoms with Crippen molar-refractivity contribution in [1.29, 1.82) is 0 Å². The highest BCUT2D eigenvalue weighted by Crippen LogP contribution is 2.22. The first-order valence-electron chi connectivity index (χ1n) is 6.19. The molecule has 2 amide bonds. The lowest BCUT2D eigenvalue weighted by molar-refractivity contribution is 0.245. The van der Waals surface area contributed by atoms with E-state index in [1.807, 2.05) is 19.1 Å². The molecule has 1 saturated heterocycles. The molecule has 1 aliphatic heterocycles. The molecule has 1 heterocycles. The van der Waals surface area contributed by atoms with E-state index in [1.165, 1.54) is 0 Å². The van der Waals surface area contributed by atoms with Gasteiger partial charge in [0.15, 0.2) is 0 Å². The predicted molar refractivity (Wildman–Crippen MR) is 81.5 cm³/mol. The van der Waals surface area contributed by atoms with Gasteiger partial charge in [-0.15, -0.1) is 12.4 Å². The van der Waals surface area contributed by atoms with Crippen molar-refractivity contribution < 1.29 is 4.79 Å². The number of rotatable bonds is 2. The first-order valence-corrected chi connectivity index (χ1v) is 6.57. The molecular formula is C13H19Cl2N3O. The topological polar surface area (TPSA) is 53.2 Å². The average Bonchev–Trinajstić information content (AvgIpc) is 2.35. The monoisotopic (exact) mass is 303 g/mol. The van der Waals surface area contributed by atoms with Crippen LogP contribution in [0.4, 0.5) is 10.5 Å². The molecular weight excluding hydrogens is 285 g/mol. The number of benzene rings is 1. The highest BCUT2D eigenvalue weighted by Gasteiger charge is 2.15. The number of hydrogen-bond donors (Lipinski definition) is 3. The second-order valence-electron chi connectivity index (χ2n) is 4.63. The lowest BCUT2D eigenvalue weighted by atomic mass is 10.1. The van der Waals surface area contributed by atoms with E-state index >= 15 is 0 Å². The fourth-order valence-electron chi connectivity index (χ4n) is 2.05. The van der Waals surface area contributed by atoms with Crippen molar-refractivity contribution in [1.82, 2.24) is 10.6 Å². The molecule has 0 spiro atoms. The van der Waals surface area contributed by atoms with Crippen LogP contribution in [0.15, 0.2) is 18.2 Å². The summed E-state index contributed by atoms with van der Waals surface area (Å²) in [5.41, 5.74) is 1.71. The first kappa shape index (κ1) is 16.1. The number of halogens is 2. The molecule has 1 aliphatic rings. The summed E-state index contributed by atoms with van der Waals surface area (Å²) in [5, 5.41) is 9.54. The van der Waals surface area contributed by atoms with Crippen molar-refractivity contribution in [2.24, 2.45) is 0 Å². The number of aryl methyl sites for hydroxylation is 1. The molecule has 0 bridgehead atoms. The molecule has 1 fully saturated rings. The third kappa shape index (κ3) is 4.90. The third-order valence-corrected chi connectivity index (χ3v) is 3.33. The van der Waals surface area contributed by atoms with E-state index < -0.39 is 0 Å². The molecule has 0 saturated carbocycles.